The topological polar surface area (TPSA) is 58.4 Å². The summed E-state index contributed by atoms with van der Waals surface area (Å²) in [5.41, 5.74) is 6.90. The van der Waals surface area contributed by atoms with Crippen LogP contribution in [0.5, 0.6) is 0 Å². The average Bonchev–Trinajstić information content (AvgIpc) is 3.04. The fourth-order valence-electron chi connectivity index (χ4n) is 3.34. The first kappa shape index (κ1) is 12.6. The summed E-state index contributed by atoms with van der Waals surface area (Å²) in [6.07, 6.45) is 3.51. The van der Waals surface area contributed by atoms with E-state index in [-0.39, 0.29) is 11.9 Å². The number of nitrogens with one attached hydrogen (secondary N) is 1. The van der Waals surface area contributed by atoms with Gasteiger partial charge >= 0.3 is 0 Å². The van der Waals surface area contributed by atoms with Gasteiger partial charge in [-0.25, -0.2) is 0 Å². The predicted octanol–water partition coefficient (Wildman–Crippen LogP) is 1.04. The summed E-state index contributed by atoms with van der Waals surface area (Å²) >= 11 is 0. The molecule has 2 saturated heterocycles. The summed E-state index contributed by atoms with van der Waals surface area (Å²) in [6, 6.07) is 9.82. The van der Waals surface area contributed by atoms with Gasteiger partial charge in [-0.15, -0.1) is 0 Å². The molecule has 2 aliphatic heterocycles. The van der Waals surface area contributed by atoms with E-state index in [2.05, 4.69) is 10.2 Å². The first-order chi connectivity index (χ1) is 9.25. The smallest absolute Gasteiger partial charge is 0.241 e. The number of fused-ring (bicyclic) bond motifs is 1. The number of amides is 1. The summed E-state index contributed by atoms with van der Waals surface area (Å²) in [7, 11) is 0. The number of nitrogens with zero attached hydrogens (tertiary/aromatic N) is 1. The van der Waals surface area contributed by atoms with Crippen LogP contribution >= 0.6 is 0 Å². The lowest BCUT2D eigenvalue weighted by Crippen LogP contribution is -2.45. The van der Waals surface area contributed by atoms with E-state index in [1.807, 2.05) is 30.3 Å². The molecule has 0 radical (unpaired) electrons. The standard InChI is InChI=1S/C15H21N3O/c16-14(11-5-2-1-3-6-11)15(19)17-12-8-10-18-9-4-7-13(12)18/h1-3,5-6,12-14H,4,7-10,16H2,(H,17,19). The summed E-state index contributed by atoms with van der Waals surface area (Å²) < 4.78 is 0. The maximum atomic E-state index is 12.2. The zero-order valence-electron chi connectivity index (χ0n) is 11.1. The molecule has 1 amide bonds. The summed E-state index contributed by atoms with van der Waals surface area (Å²) in [4.78, 5) is 14.7. The number of benzene rings is 1. The van der Waals surface area contributed by atoms with Crippen LogP contribution in [0, 0.1) is 0 Å². The lowest BCUT2D eigenvalue weighted by atomic mass is 10.0. The van der Waals surface area contributed by atoms with E-state index in [0.717, 1.165) is 18.5 Å². The summed E-state index contributed by atoms with van der Waals surface area (Å²) in [5.74, 6) is -0.0510. The minimum absolute atomic E-state index is 0.0510. The van der Waals surface area contributed by atoms with E-state index in [1.54, 1.807) is 0 Å². The van der Waals surface area contributed by atoms with Gasteiger partial charge in [-0.2, -0.15) is 0 Å². The van der Waals surface area contributed by atoms with Crippen LogP contribution in [0.15, 0.2) is 30.3 Å². The minimum Gasteiger partial charge on any atom is -0.350 e. The average molecular weight is 259 g/mol. The van der Waals surface area contributed by atoms with Crippen LogP contribution in [-0.2, 0) is 4.79 Å². The second-order valence-electron chi connectivity index (χ2n) is 5.54. The second-order valence-corrected chi connectivity index (χ2v) is 5.54. The van der Waals surface area contributed by atoms with Crippen LogP contribution in [-0.4, -0.2) is 36.0 Å². The number of nitrogens with two attached hydrogens (primary N) is 1. The molecule has 0 saturated carbocycles. The Bertz CT molecular complexity index is 448. The summed E-state index contributed by atoms with van der Waals surface area (Å²) in [5, 5.41) is 3.14. The van der Waals surface area contributed by atoms with E-state index in [1.165, 1.54) is 19.4 Å². The number of carbonyl (C=O) groups is 1. The van der Waals surface area contributed by atoms with Gasteiger partial charge in [-0.1, -0.05) is 30.3 Å². The Morgan fingerprint density at radius 1 is 1.26 bits per heavy atom. The Morgan fingerprint density at radius 2 is 2.05 bits per heavy atom. The van der Waals surface area contributed by atoms with Gasteiger partial charge < -0.3 is 11.1 Å². The van der Waals surface area contributed by atoms with Crippen molar-refractivity contribution >= 4 is 5.91 Å². The first-order valence-corrected chi connectivity index (χ1v) is 7.10. The molecule has 19 heavy (non-hydrogen) atoms. The molecule has 0 aromatic heterocycles. The minimum atomic E-state index is -0.559. The van der Waals surface area contributed by atoms with Gasteiger partial charge in [0.2, 0.25) is 5.91 Å². The Hall–Kier alpha value is -1.39. The molecule has 2 fully saturated rings. The SMILES string of the molecule is NC(C(=O)NC1CCN2CCCC12)c1ccccc1. The molecule has 2 aliphatic rings. The predicted molar refractivity (Wildman–Crippen MR) is 74.5 cm³/mol. The van der Waals surface area contributed by atoms with Crippen molar-refractivity contribution in [3.05, 3.63) is 35.9 Å². The van der Waals surface area contributed by atoms with Crippen molar-refractivity contribution in [2.24, 2.45) is 5.73 Å². The van der Waals surface area contributed by atoms with Gasteiger partial charge in [0.15, 0.2) is 0 Å². The highest BCUT2D eigenvalue weighted by Crippen LogP contribution is 2.28. The van der Waals surface area contributed by atoms with Crippen molar-refractivity contribution in [3.8, 4) is 0 Å². The van der Waals surface area contributed by atoms with Crippen LogP contribution < -0.4 is 11.1 Å². The maximum absolute atomic E-state index is 12.2. The van der Waals surface area contributed by atoms with E-state index in [0.29, 0.717) is 6.04 Å². The van der Waals surface area contributed by atoms with Crippen molar-refractivity contribution < 1.29 is 4.79 Å². The molecular formula is C15H21N3O. The van der Waals surface area contributed by atoms with Gasteiger partial charge in [0.25, 0.3) is 0 Å². The van der Waals surface area contributed by atoms with Crippen molar-refractivity contribution in [2.45, 2.75) is 37.4 Å². The van der Waals surface area contributed by atoms with E-state index < -0.39 is 6.04 Å². The largest absolute Gasteiger partial charge is 0.350 e. The van der Waals surface area contributed by atoms with Gasteiger partial charge in [0.1, 0.15) is 6.04 Å². The van der Waals surface area contributed by atoms with Gasteiger partial charge in [-0.3, -0.25) is 9.69 Å². The van der Waals surface area contributed by atoms with Crippen LogP contribution in [0.2, 0.25) is 0 Å². The molecule has 1 aromatic rings. The van der Waals surface area contributed by atoms with Gasteiger partial charge in [0, 0.05) is 18.6 Å². The fraction of sp³-hybridized carbons (Fsp3) is 0.533. The quantitative estimate of drug-likeness (QED) is 0.852. The third-order valence-electron chi connectivity index (χ3n) is 4.37. The third kappa shape index (κ3) is 2.51. The van der Waals surface area contributed by atoms with Crippen LogP contribution in [0.4, 0.5) is 0 Å². The van der Waals surface area contributed by atoms with E-state index in [4.69, 9.17) is 5.73 Å². The lowest BCUT2D eigenvalue weighted by Gasteiger charge is -2.23. The molecule has 102 valence electrons. The molecule has 3 rings (SSSR count). The Balaban J connectivity index is 1.62. The van der Waals surface area contributed by atoms with Crippen molar-refractivity contribution in [1.29, 1.82) is 0 Å². The zero-order chi connectivity index (χ0) is 13.2. The van der Waals surface area contributed by atoms with Crippen LogP contribution in [0.25, 0.3) is 0 Å². The molecular weight excluding hydrogens is 238 g/mol. The molecule has 0 spiro atoms. The molecule has 0 bridgehead atoms. The summed E-state index contributed by atoms with van der Waals surface area (Å²) in [6.45, 7) is 2.29. The monoisotopic (exact) mass is 259 g/mol. The molecule has 0 aliphatic carbocycles. The Labute approximate surface area is 114 Å². The highest BCUT2D eigenvalue weighted by molar-refractivity contribution is 5.83. The number of rotatable bonds is 3. The Morgan fingerprint density at radius 3 is 2.84 bits per heavy atom. The maximum Gasteiger partial charge on any atom is 0.241 e. The second kappa shape index (κ2) is 5.31. The van der Waals surface area contributed by atoms with E-state index >= 15 is 0 Å². The number of hydrogen-bond acceptors (Lipinski definition) is 3. The molecule has 4 nitrogen and oxygen atoms in total. The number of carbonyl (C=O) groups excluding carboxylic acids is 1. The molecule has 4 heteroatoms. The molecule has 1 aromatic carbocycles. The first-order valence-electron chi connectivity index (χ1n) is 7.10. The molecule has 2 heterocycles. The molecule has 3 N–H and O–H groups in total. The van der Waals surface area contributed by atoms with Gasteiger partial charge in [-0.05, 0) is 31.4 Å². The van der Waals surface area contributed by atoms with Crippen LogP contribution in [0.3, 0.4) is 0 Å². The van der Waals surface area contributed by atoms with Crippen molar-refractivity contribution in [2.75, 3.05) is 13.1 Å². The zero-order valence-corrected chi connectivity index (χ0v) is 11.1. The molecule has 3 unspecified atom stereocenters. The highest BCUT2D eigenvalue weighted by atomic mass is 16.2. The van der Waals surface area contributed by atoms with Crippen molar-refractivity contribution in [3.63, 3.8) is 0 Å². The number of hydrogen-bond donors (Lipinski definition) is 2. The molecule has 3 atom stereocenters. The van der Waals surface area contributed by atoms with Gasteiger partial charge in [0.05, 0.1) is 0 Å². The normalized spacial score (nSPS) is 28.1. The van der Waals surface area contributed by atoms with E-state index in [9.17, 15) is 4.79 Å². The third-order valence-corrected chi connectivity index (χ3v) is 4.37. The lowest BCUT2D eigenvalue weighted by molar-refractivity contribution is -0.123. The highest BCUT2D eigenvalue weighted by Gasteiger charge is 2.38. The fourth-order valence-corrected chi connectivity index (χ4v) is 3.34. The van der Waals surface area contributed by atoms with Crippen LogP contribution in [0.1, 0.15) is 30.9 Å². The van der Waals surface area contributed by atoms with Crippen molar-refractivity contribution in [1.82, 2.24) is 10.2 Å². The Kier molecular flexibility index (Phi) is 3.53.